The van der Waals surface area contributed by atoms with Crippen LogP contribution in [0.5, 0.6) is 0 Å². The summed E-state index contributed by atoms with van der Waals surface area (Å²) in [6.07, 6.45) is 3.67. The Bertz CT molecular complexity index is 1020. The summed E-state index contributed by atoms with van der Waals surface area (Å²) in [6, 6.07) is 12.3. The maximum atomic E-state index is 12.7. The Hall–Kier alpha value is -3.03. The molecule has 0 aliphatic carbocycles. The number of carbonyl (C=O) groups excluding carboxylic acids is 1. The zero-order valence-electron chi connectivity index (χ0n) is 18.5. The average Bonchev–Trinajstić information content (AvgIpc) is 3.05. The number of amides is 1. The number of piperazine rings is 1. The second-order valence-electron chi connectivity index (χ2n) is 8.25. The van der Waals surface area contributed by atoms with E-state index in [4.69, 9.17) is 0 Å². The van der Waals surface area contributed by atoms with Gasteiger partial charge >= 0.3 is 0 Å². The molecule has 1 aliphatic heterocycles. The Morgan fingerprint density at radius 2 is 1.58 bits per heavy atom. The molecule has 31 heavy (non-hydrogen) atoms. The van der Waals surface area contributed by atoms with E-state index in [0.29, 0.717) is 6.54 Å². The van der Waals surface area contributed by atoms with E-state index in [-0.39, 0.29) is 5.91 Å². The number of anilines is 1. The third-order valence-electron chi connectivity index (χ3n) is 5.82. The molecule has 1 N–H and O–H groups in total. The lowest BCUT2D eigenvalue weighted by Crippen LogP contribution is -2.48. The molecular formula is C24H30N6O. The Kier molecular flexibility index (Phi) is 6.44. The zero-order valence-corrected chi connectivity index (χ0v) is 18.5. The summed E-state index contributed by atoms with van der Waals surface area (Å²) in [6.45, 7) is 11.0. The molecule has 0 atom stereocenters. The molecule has 162 valence electrons. The first-order chi connectivity index (χ1) is 15.0. The Morgan fingerprint density at radius 3 is 2.26 bits per heavy atom. The maximum absolute atomic E-state index is 12.7. The fourth-order valence-electron chi connectivity index (χ4n) is 3.99. The largest absolute Gasteiger partial charge is 0.322 e. The van der Waals surface area contributed by atoms with E-state index in [0.717, 1.165) is 55.5 Å². The lowest BCUT2D eigenvalue weighted by atomic mass is 10.2. The van der Waals surface area contributed by atoms with E-state index in [1.54, 1.807) is 0 Å². The summed E-state index contributed by atoms with van der Waals surface area (Å²) >= 11 is 0. The molecule has 7 nitrogen and oxygen atoms in total. The van der Waals surface area contributed by atoms with Gasteiger partial charge in [0.15, 0.2) is 0 Å². The molecule has 0 spiro atoms. The van der Waals surface area contributed by atoms with Crippen LogP contribution in [0.3, 0.4) is 0 Å². The number of carbonyl (C=O) groups is 1. The number of hydrogen-bond donors (Lipinski definition) is 1. The summed E-state index contributed by atoms with van der Waals surface area (Å²) in [5.74, 6) is 0.0113. The number of hydrogen-bond acceptors (Lipinski definition) is 5. The van der Waals surface area contributed by atoms with Crippen LogP contribution in [0.4, 0.5) is 5.69 Å². The number of benzene rings is 1. The van der Waals surface area contributed by atoms with E-state index in [9.17, 15) is 4.79 Å². The molecule has 0 radical (unpaired) electrons. The number of nitrogens with one attached hydrogen (secondary N) is 1. The van der Waals surface area contributed by atoms with E-state index in [2.05, 4.69) is 56.4 Å². The Labute approximate surface area is 183 Å². The third kappa shape index (κ3) is 5.18. The van der Waals surface area contributed by atoms with Gasteiger partial charge < -0.3 is 5.32 Å². The molecule has 3 aromatic rings. The molecule has 7 heteroatoms. The predicted molar refractivity (Wildman–Crippen MR) is 122 cm³/mol. The zero-order chi connectivity index (χ0) is 21.8. The highest BCUT2D eigenvalue weighted by Gasteiger charge is 2.21. The van der Waals surface area contributed by atoms with Crippen molar-refractivity contribution in [3.63, 3.8) is 0 Å². The minimum atomic E-state index is 0.0113. The average molecular weight is 419 g/mol. The second kappa shape index (κ2) is 9.41. The number of aromatic nitrogens is 3. The van der Waals surface area contributed by atoms with Gasteiger partial charge in [-0.15, -0.1) is 0 Å². The lowest BCUT2D eigenvalue weighted by molar-refractivity contribution is -0.117. The molecule has 4 rings (SSSR count). The van der Waals surface area contributed by atoms with Crippen molar-refractivity contribution in [3.8, 4) is 5.69 Å². The van der Waals surface area contributed by atoms with Gasteiger partial charge in [-0.2, -0.15) is 5.10 Å². The monoisotopic (exact) mass is 418 g/mol. The predicted octanol–water partition coefficient (Wildman–Crippen LogP) is 2.95. The highest BCUT2D eigenvalue weighted by molar-refractivity contribution is 5.93. The first-order valence-corrected chi connectivity index (χ1v) is 10.8. The van der Waals surface area contributed by atoms with Crippen molar-refractivity contribution in [3.05, 3.63) is 71.3 Å². The Balaban J connectivity index is 1.32. The van der Waals surface area contributed by atoms with Gasteiger partial charge in [0.2, 0.25) is 5.91 Å². The molecular weight excluding hydrogens is 388 g/mol. The summed E-state index contributed by atoms with van der Waals surface area (Å²) in [4.78, 5) is 21.4. The summed E-state index contributed by atoms with van der Waals surface area (Å²) in [5.41, 5.74) is 6.06. The van der Waals surface area contributed by atoms with Crippen molar-refractivity contribution < 1.29 is 4.79 Å². The van der Waals surface area contributed by atoms with Crippen molar-refractivity contribution in [1.82, 2.24) is 24.6 Å². The second-order valence-corrected chi connectivity index (χ2v) is 8.25. The lowest BCUT2D eigenvalue weighted by Gasteiger charge is -2.34. The van der Waals surface area contributed by atoms with Crippen molar-refractivity contribution in [1.29, 1.82) is 0 Å². The van der Waals surface area contributed by atoms with Gasteiger partial charge in [0.25, 0.3) is 0 Å². The standard InChI is InChI=1S/C24H30N6O/c1-18-4-6-22(7-5-18)30-20(3)24(19(2)27-30)26-23(31)17-29-14-12-28(13-15-29)16-21-8-10-25-11-9-21/h4-11H,12-17H2,1-3H3,(H,26,31). The highest BCUT2D eigenvalue weighted by Crippen LogP contribution is 2.23. The van der Waals surface area contributed by atoms with Gasteiger partial charge in [-0.25, -0.2) is 4.68 Å². The molecule has 0 saturated carbocycles. The molecule has 1 fully saturated rings. The van der Waals surface area contributed by atoms with Gasteiger partial charge in [-0.1, -0.05) is 17.7 Å². The minimum absolute atomic E-state index is 0.0113. The van der Waals surface area contributed by atoms with Gasteiger partial charge in [0.1, 0.15) is 0 Å². The fourth-order valence-corrected chi connectivity index (χ4v) is 3.99. The smallest absolute Gasteiger partial charge is 0.238 e. The summed E-state index contributed by atoms with van der Waals surface area (Å²) in [7, 11) is 0. The van der Waals surface area contributed by atoms with Crippen LogP contribution in [0.2, 0.25) is 0 Å². The van der Waals surface area contributed by atoms with Gasteiger partial charge in [-0.3, -0.25) is 19.6 Å². The molecule has 2 aromatic heterocycles. The Morgan fingerprint density at radius 1 is 0.935 bits per heavy atom. The van der Waals surface area contributed by atoms with Crippen LogP contribution in [0.1, 0.15) is 22.5 Å². The summed E-state index contributed by atoms with van der Waals surface area (Å²) in [5, 5.41) is 7.73. The van der Waals surface area contributed by atoms with E-state index >= 15 is 0 Å². The maximum Gasteiger partial charge on any atom is 0.238 e. The van der Waals surface area contributed by atoms with Crippen LogP contribution in [-0.4, -0.2) is 63.2 Å². The van der Waals surface area contributed by atoms with Gasteiger partial charge in [0.05, 0.1) is 29.3 Å². The normalized spacial score (nSPS) is 15.2. The molecule has 3 heterocycles. The first-order valence-electron chi connectivity index (χ1n) is 10.8. The number of nitrogens with zero attached hydrogens (tertiary/aromatic N) is 5. The van der Waals surface area contributed by atoms with Gasteiger partial charge in [-0.05, 0) is 50.6 Å². The van der Waals surface area contributed by atoms with Crippen LogP contribution in [0, 0.1) is 20.8 Å². The number of rotatable bonds is 6. The van der Waals surface area contributed by atoms with E-state index in [1.807, 2.05) is 43.1 Å². The van der Waals surface area contributed by atoms with E-state index in [1.165, 1.54) is 11.1 Å². The van der Waals surface area contributed by atoms with Crippen LogP contribution in [-0.2, 0) is 11.3 Å². The van der Waals surface area contributed by atoms with Crippen molar-refractivity contribution >= 4 is 11.6 Å². The fraction of sp³-hybridized carbons (Fsp3) is 0.375. The van der Waals surface area contributed by atoms with Crippen molar-refractivity contribution in [2.24, 2.45) is 0 Å². The SMILES string of the molecule is Cc1ccc(-n2nc(C)c(NC(=O)CN3CCN(Cc4ccncc4)CC3)c2C)cc1. The molecule has 1 amide bonds. The van der Waals surface area contributed by atoms with Crippen molar-refractivity contribution in [2.45, 2.75) is 27.3 Å². The van der Waals surface area contributed by atoms with E-state index < -0.39 is 0 Å². The quantitative estimate of drug-likeness (QED) is 0.667. The van der Waals surface area contributed by atoms with Crippen LogP contribution in [0.15, 0.2) is 48.8 Å². The highest BCUT2D eigenvalue weighted by atomic mass is 16.2. The van der Waals surface area contributed by atoms with Crippen molar-refractivity contribution in [2.75, 3.05) is 38.0 Å². The molecule has 1 aromatic carbocycles. The van der Waals surface area contributed by atoms with Crippen LogP contribution < -0.4 is 5.32 Å². The van der Waals surface area contributed by atoms with Crippen LogP contribution in [0.25, 0.3) is 5.69 Å². The molecule has 1 aliphatic rings. The summed E-state index contributed by atoms with van der Waals surface area (Å²) < 4.78 is 1.89. The molecule has 0 bridgehead atoms. The molecule has 1 saturated heterocycles. The van der Waals surface area contributed by atoms with Gasteiger partial charge in [0, 0.05) is 45.1 Å². The first kappa shape index (κ1) is 21.2. The third-order valence-corrected chi connectivity index (χ3v) is 5.82. The number of aryl methyl sites for hydroxylation is 2. The topological polar surface area (TPSA) is 66.3 Å². The minimum Gasteiger partial charge on any atom is -0.322 e. The number of pyridine rings is 1. The molecule has 0 unspecified atom stereocenters. The van der Waals surface area contributed by atoms with Crippen LogP contribution >= 0.6 is 0 Å².